The van der Waals surface area contributed by atoms with Gasteiger partial charge in [-0.1, -0.05) is 23.2 Å². The normalized spacial score (nSPS) is 22.7. The number of carbonyl (C=O) groups is 3. The SMILES string of the molecule is CCOC(=O)C1=NN[C@@H]2C(=O)N(c3cc(Cl)cc(Cl)c3)C(=O)[C@@H]12. The summed E-state index contributed by atoms with van der Waals surface area (Å²) in [6.45, 7) is 1.78. The molecule has 1 fully saturated rings. The van der Waals surface area contributed by atoms with E-state index in [4.69, 9.17) is 27.9 Å². The van der Waals surface area contributed by atoms with Crippen molar-refractivity contribution in [3.63, 3.8) is 0 Å². The molecule has 1 aromatic rings. The van der Waals surface area contributed by atoms with Gasteiger partial charge in [-0.3, -0.25) is 15.0 Å². The zero-order chi connectivity index (χ0) is 16.7. The Hall–Kier alpha value is -2.12. The molecule has 2 heterocycles. The van der Waals surface area contributed by atoms with Crippen LogP contribution in [0.3, 0.4) is 0 Å². The number of amides is 2. The Kier molecular flexibility index (Phi) is 3.99. The highest BCUT2D eigenvalue weighted by Crippen LogP contribution is 2.33. The largest absolute Gasteiger partial charge is 0.461 e. The van der Waals surface area contributed by atoms with Gasteiger partial charge < -0.3 is 4.74 Å². The summed E-state index contributed by atoms with van der Waals surface area (Å²) in [5, 5.41) is 4.35. The molecule has 7 nitrogen and oxygen atoms in total. The first kappa shape index (κ1) is 15.8. The molecule has 0 radical (unpaired) electrons. The van der Waals surface area contributed by atoms with Crippen molar-refractivity contribution in [2.24, 2.45) is 11.0 Å². The highest BCUT2D eigenvalue weighted by Gasteiger charge is 2.55. The molecule has 23 heavy (non-hydrogen) atoms. The average Bonchev–Trinajstić information content (AvgIpc) is 2.99. The van der Waals surface area contributed by atoms with Crippen LogP contribution in [0.4, 0.5) is 5.69 Å². The average molecular weight is 356 g/mol. The molecule has 0 spiro atoms. The van der Waals surface area contributed by atoms with Crippen molar-refractivity contribution in [3.8, 4) is 0 Å². The number of nitrogens with one attached hydrogen (secondary N) is 1. The number of esters is 1. The predicted molar refractivity (Wildman–Crippen MR) is 83.4 cm³/mol. The van der Waals surface area contributed by atoms with Crippen LogP contribution in [-0.2, 0) is 19.1 Å². The first-order valence-electron chi connectivity index (χ1n) is 6.78. The van der Waals surface area contributed by atoms with E-state index in [2.05, 4.69) is 10.5 Å². The minimum Gasteiger partial charge on any atom is -0.461 e. The molecule has 0 unspecified atom stereocenters. The van der Waals surface area contributed by atoms with Gasteiger partial charge in [-0.25, -0.2) is 9.69 Å². The molecule has 1 aromatic carbocycles. The second-order valence-corrected chi connectivity index (χ2v) is 5.81. The Balaban J connectivity index is 1.95. The van der Waals surface area contributed by atoms with Gasteiger partial charge in [0.1, 0.15) is 12.0 Å². The number of nitrogens with zero attached hydrogens (tertiary/aromatic N) is 2. The van der Waals surface area contributed by atoms with Crippen LogP contribution in [0, 0.1) is 5.92 Å². The van der Waals surface area contributed by atoms with Gasteiger partial charge >= 0.3 is 5.97 Å². The molecule has 0 saturated carbocycles. The number of hydrogen-bond acceptors (Lipinski definition) is 6. The minimum absolute atomic E-state index is 0.106. The number of ether oxygens (including phenoxy) is 1. The van der Waals surface area contributed by atoms with Gasteiger partial charge in [0.25, 0.3) is 5.91 Å². The van der Waals surface area contributed by atoms with E-state index >= 15 is 0 Å². The van der Waals surface area contributed by atoms with E-state index in [1.807, 2.05) is 0 Å². The van der Waals surface area contributed by atoms with E-state index in [9.17, 15) is 14.4 Å². The zero-order valence-electron chi connectivity index (χ0n) is 11.9. The Labute approximate surface area is 141 Å². The van der Waals surface area contributed by atoms with Gasteiger partial charge in [-0.2, -0.15) is 5.10 Å². The summed E-state index contributed by atoms with van der Waals surface area (Å²) in [7, 11) is 0. The Bertz CT molecular complexity index is 729. The number of anilines is 1. The van der Waals surface area contributed by atoms with Crippen LogP contribution in [0.5, 0.6) is 0 Å². The van der Waals surface area contributed by atoms with Gasteiger partial charge in [0, 0.05) is 10.0 Å². The fourth-order valence-corrected chi connectivity index (χ4v) is 3.10. The summed E-state index contributed by atoms with van der Waals surface area (Å²) in [4.78, 5) is 37.9. The summed E-state index contributed by atoms with van der Waals surface area (Å²) in [6.07, 6.45) is 0. The fourth-order valence-electron chi connectivity index (χ4n) is 2.59. The maximum Gasteiger partial charge on any atom is 0.355 e. The summed E-state index contributed by atoms with van der Waals surface area (Å²) in [6, 6.07) is 3.46. The monoisotopic (exact) mass is 355 g/mol. The molecule has 2 atom stereocenters. The van der Waals surface area contributed by atoms with E-state index in [1.54, 1.807) is 6.92 Å². The second-order valence-electron chi connectivity index (χ2n) is 4.94. The third-order valence-corrected chi connectivity index (χ3v) is 3.95. The number of carbonyl (C=O) groups excluding carboxylic acids is 3. The van der Waals surface area contributed by atoms with Crippen molar-refractivity contribution in [2.45, 2.75) is 13.0 Å². The van der Waals surface area contributed by atoms with Gasteiger partial charge in [-0.15, -0.1) is 0 Å². The molecule has 0 bridgehead atoms. The summed E-state index contributed by atoms with van der Waals surface area (Å²) in [5.74, 6) is -2.84. The molecule has 120 valence electrons. The van der Waals surface area contributed by atoms with Crippen molar-refractivity contribution in [2.75, 3.05) is 11.5 Å². The molecule has 9 heteroatoms. The van der Waals surface area contributed by atoms with E-state index < -0.39 is 29.7 Å². The molecule has 2 aliphatic rings. The topological polar surface area (TPSA) is 88.1 Å². The lowest BCUT2D eigenvalue weighted by Crippen LogP contribution is -2.36. The van der Waals surface area contributed by atoms with Crippen LogP contribution in [0.2, 0.25) is 10.0 Å². The molecular formula is C14H11Cl2N3O4. The molecule has 1 N–H and O–H groups in total. The second kappa shape index (κ2) is 5.82. The van der Waals surface area contributed by atoms with Gasteiger partial charge in [0.2, 0.25) is 5.91 Å². The summed E-state index contributed by atoms with van der Waals surface area (Å²) in [5.41, 5.74) is 2.67. The third kappa shape index (κ3) is 2.55. The Morgan fingerprint density at radius 1 is 1.26 bits per heavy atom. The van der Waals surface area contributed by atoms with Crippen LogP contribution in [0.25, 0.3) is 0 Å². The third-order valence-electron chi connectivity index (χ3n) is 3.51. The number of hydrazone groups is 1. The van der Waals surface area contributed by atoms with Crippen molar-refractivity contribution >= 4 is 52.4 Å². The van der Waals surface area contributed by atoms with E-state index in [0.717, 1.165) is 4.90 Å². The van der Waals surface area contributed by atoms with E-state index in [1.165, 1.54) is 18.2 Å². The molecule has 0 aliphatic carbocycles. The maximum atomic E-state index is 12.6. The molecular weight excluding hydrogens is 345 g/mol. The van der Waals surface area contributed by atoms with Crippen LogP contribution >= 0.6 is 23.2 Å². The van der Waals surface area contributed by atoms with Crippen LogP contribution in [0.1, 0.15) is 6.92 Å². The molecule has 3 rings (SSSR count). The highest BCUT2D eigenvalue weighted by molar-refractivity contribution is 6.46. The molecule has 2 aliphatic heterocycles. The van der Waals surface area contributed by atoms with Crippen molar-refractivity contribution in [1.29, 1.82) is 0 Å². The predicted octanol–water partition coefficient (Wildman–Crippen LogP) is 1.37. The number of imide groups is 1. The van der Waals surface area contributed by atoms with Crippen LogP contribution < -0.4 is 10.3 Å². The Morgan fingerprint density at radius 2 is 1.91 bits per heavy atom. The van der Waals surface area contributed by atoms with Crippen molar-refractivity contribution in [1.82, 2.24) is 5.43 Å². The number of hydrogen-bond donors (Lipinski definition) is 1. The summed E-state index contributed by atoms with van der Waals surface area (Å²) >= 11 is 11.8. The van der Waals surface area contributed by atoms with Gasteiger partial charge in [0.15, 0.2) is 5.71 Å². The quantitative estimate of drug-likeness (QED) is 0.653. The van der Waals surface area contributed by atoms with Gasteiger partial charge in [0.05, 0.1) is 12.3 Å². The number of rotatable bonds is 3. The van der Waals surface area contributed by atoms with Crippen LogP contribution in [-0.4, -0.2) is 36.1 Å². The zero-order valence-corrected chi connectivity index (χ0v) is 13.4. The molecule has 1 saturated heterocycles. The summed E-state index contributed by atoms with van der Waals surface area (Å²) < 4.78 is 4.86. The lowest BCUT2D eigenvalue weighted by atomic mass is 9.99. The van der Waals surface area contributed by atoms with Gasteiger partial charge in [-0.05, 0) is 25.1 Å². The first-order chi connectivity index (χ1) is 10.9. The Morgan fingerprint density at radius 3 is 2.52 bits per heavy atom. The highest BCUT2D eigenvalue weighted by atomic mass is 35.5. The first-order valence-corrected chi connectivity index (χ1v) is 7.53. The number of halogens is 2. The molecule has 0 aromatic heterocycles. The lowest BCUT2D eigenvalue weighted by molar-refractivity contribution is -0.136. The fraction of sp³-hybridized carbons (Fsp3) is 0.286. The smallest absolute Gasteiger partial charge is 0.355 e. The van der Waals surface area contributed by atoms with E-state index in [0.29, 0.717) is 0 Å². The van der Waals surface area contributed by atoms with E-state index in [-0.39, 0.29) is 28.1 Å². The standard InChI is InChI=1S/C14H11Cl2N3O4/c1-2-23-14(22)11-9-10(17-18-11)13(21)19(12(9)20)8-4-6(15)3-7(16)5-8/h3-5,9-10,17H,2H2,1H3/t9-,10+/m1/s1. The lowest BCUT2D eigenvalue weighted by Gasteiger charge is -2.16. The van der Waals surface area contributed by atoms with Crippen LogP contribution in [0.15, 0.2) is 23.3 Å². The number of fused-ring (bicyclic) bond motifs is 1. The maximum absolute atomic E-state index is 12.6. The van der Waals surface area contributed by atoms with Crippen molar-refractivity contribution < 1.29 is 19.1 Å². The van der Waals surface area contributed by atoms with Crippen molar-refractivity contribution in [3.05, 3.63) is 28.2 Å². The minimum atomic E-state index is -1.01. The molecule has 2 amide bonds. The number of benzene rings is 1.